The van der Waals surface area contributed by atoms with Gasteiger partial charge in [-0.2, -0.15) is 13.2 Å². The molecule has 2 aromatic rings. The third kappa shape index (κ3) is 3.58. The van der Waals surface area contributed by atoms with Crippen molar-refractivity contribution >= 4 is 5.91 Å². The summed E-state index contributed by atoms with van der Waals surface area (Å²) in [5.74, 6) is -0.722. The average Bonchev–Trinajstić information content (AvgIpc) is 2.75. The van der Waals surface area contributed by atoms with Gasteiger partial charge in [-0.15, -0.1) is 0 Å². The van der Waals surface area contributed by atoms with Crippen molar-refractivity contribution in [2.45, 2.75) is 37.9 Å². The standard InChI is InChI=1S/C18H17F3N2O/c19-18(20,21)16-8-9-22-11-15(16)17(24)23-14-7-3-6-12-4-1-2-5-13(12)10-14/h1-2,4-5,8-9,11,14H,3,6-7,10H2,(H,23,24). The van der Waals surface area contributed by atoms with Crippen molar-refractivity contribution in [2.24, 2.45) is 0 Å². The van der Waals surface area contributed by atoms with E-state index in [2.05, 4.69) is 16.4 Å². The summed E-state index contributed by atoms with van der Waals surface area (Å²) in [6.07, 6.45) is 0.617. The normalized spacial score (nSPS) is 17.7. The molecule has 1 amide bonds. The minimum absolute atomic E-state index is 0.178. The van der Waals surface area contributed by atoms with Crippen LogP contribution in [0.15, 0.2) is 42.7 Å². The number of alkyl halides is 3. The summed E-state index contributed by atoms with van der Waals surface area (Å²) in [4.78, 5) is 16.0. The van der Waals surface area contributed by atoms with E-state index in [9.17, 15) is 18.0 Å². The van der Waals surface area contributed by atoms with Crippen LogP contribution in [0.4, 0.5) is 13.2 Å². The molecule has 0 fully saturated rings. The monoisotopic (exact) mass is 334 g/mol. The summed E-state index contributed by atoms with van der Waals surface area (Å²) in [5.41, 5.74) is 1.00. The van der Waals surface area contributed by atoms with Gasteiger partial charge in [0, 0.05) is 18.4 Å². The summed E-state index contributed by atoms with van der Waals surface area (Å²) >= 11 is 0. The fourth-order valence-electron chi connectivity index (χ4n) is 3.12. The van der Waals surface area contributed by atoms with E-state index in [1.54, 1.807) is 0 Å². The average molecular weight is 334 g/mol. The van der Waals surface area contributed by atoms with Crippen molar-refractivity contribution in [3.63, 3.8) is 0 Å². The number of nitrogens with zero attached hydrogens (tertiary/aromatic N) is 1. The maximum Gasteiger partial charge on any atom is 0.417 e. The van der Waals surface area contributed by atoms with Crippen LogP contribution in [0.25, 0.3) is 0 Å². The molecule has 1 aliphatic rings. The maximum absolute atomic E-state index is 13.0. The summed E-state index contributed by atoms with van der Waals surface area (Å²) in [6.45, 7) is 0. The third-order valence-corrected chi connectivity index (χ3v) is 4.29. The SMILES string of the molecule is O=C(NC1CCCc2ccccc2C1)c1cnccc1C(F)(F)F. The Morgan fingerprint density at radius 3 is 2.67 bits per heavy atom. The summed E-state index contributed by atoms with van der Waals surface area (Å²) in [7, 11) is 0. The molecule has 1 heterocycles. The lowest BCUT2D eigenvalue weighted by Crippen LogP contribution is -2.37. The molecule has 3 rings (SSSR count). The number of fused-ring (bicyclic) bond motifs is 1. The van der Waals surface area contributed by atoms with E-state index in [0.29, 0.717) is 6.42 Å². The van der Waals surface area contributed by atoms with Gasteiger partial charge in [-0.25, -0.2) is 0 Å². The van der Waals surface area contributed by atoms with Crippen LogP contribution in [0.5, 0.6) is 0 Å². The van der Waals surface area contributed by atoms with E-state index >= 15 is 0 Å². The second-order valence-electron chi connectivity index (χ2n) is 5.95. The predicted octanol–water partition coefficient (Wildman–Crippen LogP) is 3.78. The van der Waals surface area contributed by atoms with Crippen LogP contribution in [0.2, 0.25) is 0 Å². The van der Waals surface area contributed by atoms with Gasteiger partial charge in [0.05, 0.1) is 11.1 Å². The summed E-state index contributed by atoms with van der Waals surface area (Å²) in [5, 5.41) is 2.75. The Hall–Kier alpha value is -2.37. The van der Waals surface area contributed by atoms with Crippen molar-refractivity contribution in [1.29, 1.82) is 0 Å². The second-order valence-corrected chi connectivity index (χ2v) is 5.95. The molecule has 0 bridgehead atoms. The van der Waals surface area contributed by atoms with E-state index in [0.717, 1.165) is 43.3 Å². The third-order valence-electron chi connectivity index (χ3n) is 4.29. The first-order valence-corrected chi connectivity index (χ1v) is 7.84. The summed E-state index contributed by atoms with van der Waals surface area (Å²) in [6, 6.07) is 8.63. The summed E-state index contributed by atoms with van der Waals surface area (Å²) < 4.78 is 39.1. The van der Waals surface area contributed by atoms with Gasteiger partial charge in [0.15, 0.2) is 0 Å². The van der Waals surface area contributed by atoms with Crippen LogP contribution < -0.4 is 5.32 Å². The van der Waals surface area contributed by atoms with E-state index in [1.165, 1.54) is 5.56 Å². The minimum Gasteiger partial charge on any atom is -0.349 e. The van der Waals surface area contributed by atoms with Crippen molar-refractivity contribution in [2.75, 3.05) is 0 Å². The lowest BCUT2D eigenvalue weighted by atomic mass is 10.0. The fourth-order valence-corrected chi connectivity index (χ4v) is 3.12. The number of amides is 1. The van der Waals surface area contributed by atoms with Gasteiger partial charge in [0.1, 0.15) is 0 Å². The highest BCUT2D eigenvalue weighted by Crippen LogP contribution is 2.31. The highest BCUT2D eigenvalue weighted by Gasteiger charge is 2.35. The molecule has 1 atom stereocenters. The maximum atomic E-state index is 13.0. The van der Waals surface area contributed by atoms with Crippen LogP contribution in [-0.2, 0) is 19.0 Å². The van der Waals surface area contributed by atoms with Gasteiger partial charge in [-0.3, -0.25) is 9.78 Å². The van der Waals surface area contributed by atoms with Crippen molar-refractivity contribution in [3.05, 3.63) is 65.0 Å². The van der Waals surface area contributed by atoms with Crippen LogP contribution in [0.3, 0.4) is 0 Å². The number of carbonyl (C=O) groups excluding carboxylic acids is 1. The van der Waals surface area contributed by atoms with Gasteiger partial charge >= 0.3 is 6.18 Å². The second kappa shape index (κ2) is 6.63. The predicted molar refractivity (Wildman–Crippen MR) is 83.6 cm³/mol. The van der Waals surface area contributed by atoms with Crippen molar-refractivity contribution in [3.8, 4) is 0 Å². The van der Waals surface area contributed by atoms with Gasteiger partial charge in [0.2, 0.25) is 0 Å². The molecule has 24 heavy (non-hydrogen) atoms. The van der Waals surface area contributed by atoms with Gasteiger partial charge < -0.3 is 5.32 Å². The number of pyridine rings is 1. The molecule has 0 saturated carbocycles. The molecule has 1 aliphatic carbocycles. The zero-order valence-electron chi connectivity index (χ0n) is 12.9. The molecular weight excluding hydrogens is 317 g/mol. The zero-order valence-corrected chi connectivity index (χ0v) is 12.9. The number of benzene rings is 1. The number of carbonyl (C=O) groups is 1. The number of hydrogen-bond donors (Lipinski definition) is 1. The molecule has 0 aliphatic heterocycles. The Morgan fingerprint density at radius 1 is 1.17 bits per heavy atom. The molecule has 0 radical (unpaired) electrons. The Kier molecular flexibility index (Phi) is 4.55. The smallest absolute Gasteiger partial charge is 0.349 e. The lowest BCUT2D eigenvalue weighted by Gasteiger charge is -2.18. The Bertz CT molecular complexity index is 743. The Morgan fingerprint density at radius 2 is 1.92 bits per heavy atom. The molecule has 6 heteroatoms. The Balaban J connectivity index is 1.79. The van der Waals surface area contributed by atoms with Crippen LogP contribution in [0.1, 0.15) is 39.9 Å². The van der Waals surface area contributed by atoms with Crippen molar-refractivity contribution < 1.29 is 18.0 Å². The van der Waals surface area contributed by atoms with Gasteiger partial charge in [-0.1, -0.05) is 24.3 Å². The fraction of sp³-hybridized carbons (Fsp3) is 0.333. The minimum atomic E-state index is -4.58. The Labute approximate surface area is 137 Å². The largest absolute Gasteiger partial charge is 0.417 e. The zero-order chi connectivity index (χ0) is 17.2. The number of aromatic nitrogens is 1. The molecule has 126 valence electrons. The number of nitrogens with one attached hydrogen (secondary N) is 1. The first-order chi connectivity index (χ1) is 11.4. The lowest BCUT2D eigenvalue weighted by molar-refractivity contribution is -0.138. The molecule has 1 aromatic heterocycles. The molecule has 1 aromatic carbocycles. The van der Waals surface area contributed by atoms with Crippen LogP contribution in [0, 0.1) is 0 Å². The molecule has 3 nitrogen and oxygen atoms in total. The van der Waals surface area contributed by atoms with Gasteiger partial charge in [0.25, 0.3) is 5.91 Å². The molecule has 1 N–H and O–H groups in total. The number of halogens is 3. The highest BCUT2D eigenvalue weighted by molar-refractivity contribution is 5.95. The van der Waals surface area contributed by atoms with E-state index in [4.69, 9.17) is 0 Å². The highest BCUT2D eigenvalue weighted by atomic mass is 19.4. The molecule has 0 saturated heterocycles. The van der Waals surface area contributed by atoms with E-state index in [-0.39, 0.29) is 6.04 Å². The molecule has 1 unspecified atom stereocenters. The number of rotatable bonds is 2. The number of aryl methyl sites for hydroxylation is 1. The number of hydrogen-bond acceptors (Lipinski definition) is 2. The first-order valence-electron chi connectivity index (χ1n) is 7.84. The van der Waals surface area contributed by atoms with Crippen molar-refractivity contribution in [1.82, 2.24) is 10.3 Å². The van der Waals surface area contributed by atoms with Crippen LogP contribution in [-0.4, -0.2) is 16.9 Å². The first kappa shape index (κ1) is 16.5. The van der Waals surface area contributed by atoms with Gasteiger partial charge in [-0.05, 0) is 42.9 Å². The molecular formula is C18H17F3N2O. The quantitative estimate of drug-likeness (QED) is 0.849. The molecule has 0 spiro atoms. The van der Waals surface area contributed by atoms with E-state index in [1.807, 2.05) is 18.2 Å². The van der Waals surface area contributed by atoms with E-state index < -0.39 is 23.2 Å². The topological polar surface area (TPSA) is 42.0 Å². The van der Waals surface area contributed by atoms with Crippen LogP contribution >= 0.6 is 0 Å².